The van der Waals surface area contributed by atoms with Crippen molar-refractivity contribution in [3.8, 4) is 5.75 Å². The van der Waals surface area contributed by atoms with Crippen LogP contribution in [0.5, 0.6) is 5.75 Å². The highest BCUT2D eigenvalue weighted by molar-refractivity contribution is 9.10. The smallest absolute Gasteiger partial charge is 0.284 e. The number of halogens is 1. The molecule has 1 aromatic rings. The Morgan fingerprint density at radius 1 is 1.36 bits per heavy atom. The van der Waals surface area contributed by atoms with Crippen molar-refractivity contribution in [1.29, 1.82) is 5.41 Å². The summed E-state index contributed by atoms with van der Waals surface area (Å²) < 4.78 is 27.6. The van der Waals surface area contributed by atoms with Gasteiger partial charge >= 0.3 is 0 Å². The molecule has 2 rings (SSSR count). The number of methoxy groups -OCH3 is 1. The SMILES string of the molecule is COc1cc(Br)ccc1S(=O)NC1CCN(C(=N)OC(C)(C)C)CC1. The Bertz CT molecular complexity index is 641. The maximum Gasteiger partial charge on any atom is 0.284 e. The van der Waals surface area contributed by atoms with Crippen LogP contribution in [0.4, 0.5) is 0 Å². The van der Waals surface area contributed by atoms with Crippen molar-refractivity contribution < 1.29 is 13.7 Å². The van der Waals surface area contributed by atoms with Crippen LogP contribution >= 0.6 is 15.9 Å². The van der Waals surface area contributed by atoms with Crippen molar-refractivity contribution in [2.45, 2.75) is 50.2 Å². The molecule has 8 heteroatoms. The fourth-order valence-corrected chi connectivity index (χ4v) is 4.09. The lowest BCUT2D eigenvalue weighted by atomic mass is 10.1. The molecule has 0 aromatic heterocycles. The molecule has 0 radical (unpaired) electrons. The molecule has 1 atom stereocenters. The number of hydrogen-bond donors (Lipinski definition) is 2. The van der Waals surface area contributed by atoms with Crippen LogP contribution in [0.2, 0.25) is 0 Å². The summed E-state index contributed by atoms with van der Waals surface area (Å²) in [6.07, 6.45) is 1.61. The summed E-state index contributed by atoms with van der Waals surface area (Å²) in [6.45, 7) is 7.22. The number of piperidine rings is 1. The predicted octanol–water partition coefficient (Wildman–Crippen LogP) is 3.28. The Hall–Kier alpha value is -1.12. The number of nitrogens with zero attached hydrogens (tertiary/aromatic N) is 1. The lowest BCUT2D eigenvalue weighted by molar-refractivity contribution is 0.0793. The van der Waals surface area contributed by atoms with Gasteiger partial charge in [0.25, 0.3) is 6.02 Å². The minimum Gasteiger partial charge on any atom is -0.495 e. The zero-order valence-electron chi connectivity index (χ0n) is 15.1. The van der Waals surface area contributed by atoms with E-state index in [0.717, 1.165) is 17.3 Å². The van der Waals surface area contributed by atoms with E-state index in [-0.39, 0.29) is 17.7 Å². The highest BCUT2D eigenvalue weighted by Crippen LogP contribution is 2.26. The average molecular weight is 432 g/mol. The first-order valence-electron chi connectivity index (χ1n) is 8.23. The van der Waals surface area contributed by atoms with E-state index in [1.807, 2.05) is 37.8 Å². The van der Waals surface area contributed by atoms with Gasteiger partial charge in [-0.15, -0.1) is 0 Å². The van der Waals surface area contributed by atoms with Crippen LogP contribution < -0.4 is 9.46 Å². The Morgan fingerprint density at radius 3 is 2.56 bits per heavy atom. The monoisotopic (exact) mass is 431 g/mol. The molecule has 140 valence electrons. The molecule has 6 nitrogen and oxygen atoms in total. The fourth-order valence-electron chi connectivity index (χ4n) is 2.56. The van der Waals surface area contributed by atoms with Gasteiger partial charge in [-0.2, -0.15) is 0 Å². The van der Waals surface area contributed by atoms with Gasteiger partial charge in [0.1, 0.15) is 22.3 Å². The topological polar surface area (TPSA) is 74.7 Å². The zero-order chi connectivity index (χ0) is 18.6. The first-order valence-corrected chi connectivity index (χ1v) is 10.2. The van der Waals surface area contributed by atoms with Crippen molar-refractivity contribution in [1.82, 2.24) is 9.62 Å². The highest BCUT2D eigenvalue weighted by Gasteiger charge is 2.26. The Morgan fingerprint density at radius 2 is 2.00 bits per heavy atom. The second kappa shape index (κ2) is 8.51. The number of benzene rings is 1. The van der Waals surface area contributed by atoms with E-state index in [2.05, 4.69) is 20.7 Å². The van der Waals surface area contributed by atoms with Gasteiger partial charge in [0.15, 0.2) is 0 Å². The molecule has 1 saturated heterocycles. The minimum atomic E-state index is -1.34. The van der Waals surface area contributed by atoms with E-state index in [1.54, 1.807) is 13.2 Å². The van der Waals surface area contributed by atoms with Crippen molar-refractivity contribution >= 4 is 32.9 Å². The Balaban J connectivity index is 1.90. The maximum atomic E-state index is 12.6. The molecule has 0 amide bonds. The molecule has 1 aromatic carbocycles. The maximum absolute atomic E-state index is 12.6. The third kappa shape index (κ3) is 5.97. The van der Waals surface area contributed by atoms with Gasteiger partial charge in [-0.05, 0) is 51.8 Å². The predicted molar refractivity (Wildman–Crippen MR) is 103 cm³/mol. The lowest BCUT2D eigenvalue weighted by Gasteiger charge is -2.35. The van der Waals surface area contributed by atoms with E-state index >= 15 is 0 Å². The number of rotatable bonds is 4. The van der Waals surface area contributed by atoms with E-state index in [0.29, 0.717) is 23.7 Å². The average Bonchev–Trinajstić information content (AvgIpc) is 2.53. The van der Waals surface area contributed by atoms with Crippen LogP contribution in [0, 0.1) is 5.41 Å². The van der Waals surface area contributed by atoms with Gasteiger partial charge in [-0.1, -0.05) is 15.9 Å². The van der Waals surface area contributed by atoms with Crippen LogP contribution in [-0.2, 0) is 15.7 Å². The second-order valence-electron chi connectivity index (χ2n) is 6.96. The molecular weight excluding hydrogens is 406 g/mol. The summed E-state index contributed by atoms with van der Waals surface area (Å²) >= 11 is 3.39. The summed E-state index contributed by atoms with van der Waals surface area (Å²) in [5.74, 6) is 0.595. The summed E-state index contributed by atoms with van der Waals surface area (Å²) in [4.78, 5) is 2.56. The third-order valence-corrected chi connectivity index (χ3v) is 5.56. The van der Waals surface area contributed by atoms with Crippen molar-refractivity contribution in [2.75, 3.05) is 20.2 Å². The van der Waals surface area contributed by atoms with Crippen molar-refractivity contribution in [2.24, 2.45) is 0 Å². The number of ether oxygens (including phenoxy) is 2. The molecule has 0 aliphatic carbocycles. The van der Waals surface area contributed by atoms with E-state index in [4.69, 9.17) is 14.9 Å². The largest absolute Gasteiger partial charge is 0.495 e. The van der Waals surface area contributed by atoms with Crippen LogP contribution in [0.25, 0.3) is 0 Å². The first-order chi connectivity index (χ1) is 11.7. The molecule has 0 saturated carbocycles. The molecular formula is C17H26BrN3O3S. The summed E-state index contributed by atoms with van der Waals surface area (Å²) in [5, 5.41) is 8.06. The Labute approximate surface area is 160 Å². The van der Waals surface area contributed by atoms with Gasteiger partial charge < -0.3 is 14.4 Å². The zero-order valence-corrected chi connectivity index (χ0v) is 17.5. The lowest BCUT2D eigenvalue weighted by Crippen LogP contribution is -2.47. The number of amidine groups is 1. The van der Waals surface area contributed by atoms with Crippen LogP contribution in [0.15, 0.2) is 27.6 Å². The van der Waals surface area contributed by atoms with E-state index < -0.39 is 11.0 Å². The quantitative estimate of drug-likeness (QED) is 0.566. The van der Waals surface area contributed by atoms with Crippen LogP contribution in [0.3, 0.4) is 0 Å². The molecule has 0 spiro atoms. The van der Waals surface area contributed by atoms with Crippen LogP contribution in [-0.4, -0.2) is 47.0 Å². The molecule has 1 unspecified atom stereocenters. The van der Waals surface area contributed by atoms with Gasteiger partial charge in [-0.3, -0.25) is 5.41 Å². The minimum absolute atomic E-state index is 0.132. The van der Waals surface area contributed by atoms with Gasteiger partial charge in [0.2, 0.25) is 0 Å². The number of likely N-dealkylation sites (tertiary alicyclic amines) is 1. The van der Waals surface area contributed by atoms with E-state index in [1.165, 1.54) is 0 Å². The molecule has 1 aliphatic heterocycles. The van der Waals surface area contributed by atoms with Gasteiger partial charge in [-0.25, -0.2) is 8.93 Å². The standard InChI is InChI=1S/C17H26BrN3O3S/c1-17(2,3)24-16(19)21-9-7-13(8-10-21)20-25(22)15-6-5-12(18)11-14(15)23-4/h5-6,11,13,19-20H,7-10H2,1-4H3. The molecule has 25 heavy (non-hydrogen) atoms. The second-order valence-corrected chi connectivity index (χ2v) is 9.09. The molecule has 1 heterocycles. The van der Waals surface area contributed by atoms with Crippen molar-refractivity contribution in [3.63, 3.8) is 0 Å². The summed E-state index contributed by atoms with van der Waals surface area (Å²) in [7, 11) is 0.233. The van der Waals surface area contributed by atoms with Gasteiger partial charge in [0, 0.05) is 23.6 Å². The highest BCUT2D eigenvalue weighted by atomic mass is 79.9. The molecule has 1 aliphatic rings. The summed E-state index contributed by atoms with van der Waals surface area (Å²) in [5.41, 5.74) is -0.369. The first kappa shape index (κ1) is 20.2. The van der Waals surface area contributed by atoms with Gasteiger partial charge in [0.05, 0.1) is 12.0 Å². The normalized spacial score (nSPS) is 17.2. The molecule has 1 fully saturated rings. The number of hydrogen-bond acceptors (Lipinski definition) is 4. The Kier molecular flexibility index (Phi) is 6.87. The third-order valence-electron chi connectivity index (χ3n) is 3.78. The van der Waals surface area contributed by atoms with Crippen molar-refractivity contribution in [3.05, 3.63) is 22.7 Å². The van der Waals surface area contributed by atoms with E-state index in [9.17, 15) is 4.21 Å². The van der Waals surface area contributed by atoms with Crippen LogP contribution in [0.1, 0.15) is 33.6 Å². The number of nitrogens with one attached hydrogen (secondary N) is 2. The fraction of sp³-hybridized carbons (Fsp3) is 0.588. The summed E-state index contributed by atoms with van der Waals surface area (Å²) in [6, 6.07) is 5.80. The molecule has 2 N–H and O–H groups in total. The molecule has 0 bridgehead atoms.